The van der Waals surface area contributed by atoms with Gasteiger partial charge in [-0.25, -0.2) is 4.79 Å². The van der Waals surface area contributed by atoms with Crippen molar-refractivity contribution in [1.82, 2.24) is 0 Å². The van der Waals surface area contributed by atoms with Gasteiger partial charge < -0.3 is 15.2 Å². The Morgan fingerprint density at radius 2 is 1.84 bits per heavy atom. The molecule has 2 N–H and O–H groups in total. The average Bonchev–Trinajstić information content (AvgIpc) is 2.43. The van der Waals surface area contributed by atoms with E-state index < -0.39 is 5.97 Å². The van der Waals surface area contributed by atoms with Crippen LogP contribution >= 0.6 is 11.6 Å². The Hall–Kier alpha value is -2.20. The summed E-state index contributed by atoms with van der Waals surface area (Å²) in [6.07, 6.45) is 0. The largest absolute Gasteiger partial charge is 0.465 e. The first-order chi connectivity index (χ1) is 9.10. The molecule has 5 heteroatoms. The molecule has 2 aromatic rings. The second kappa shape index (κ2) is 5.63. The second-order valence-electron chi connectivity index (χ2n) is 3.80. The van der Waals surface area contributed by atoms with E-state index in [1.165, 1.54) is 13.2 Å². The number of nitrogens with two attached hydrogens (primary N) is 1. The van der Waals surface area contributed by atoms with Gasteiger partial charge in [-0.2, -0.15) is 0 Å². The van der Waals surface area contributed by atoms with Gasteiger partial charge in [-0.15, -0.1) is 0 Å². The van der Waals surface area contributed by atoms with Crippen molar-refractivity contribution in [3.05, 3.63) is 53.1 Å². The Kier molecular flexibility index (Phi) is 3.92. The fourth-order valence-electron chi connectivity index (χ4n) is 1.50. The van der Waals surface area contributed by atoms with Gasteiger partial charge in [-0.1, -0.05) is 11.6 Å². The Morgan fingerprint density at radius 1 is 1.16 bits per heavy atom. The third kappa shape index (κ3) is 3.17. The van der Waals surface area contributed by atoms with E-state index in [-0.39, 0.29) is 0 Å². The number of rotatable bonds is 3. The molecule has 0 aliphatic carbocycles. The molecule has 0 aliphatic heterocycles. The van der Waals surface area contributed by atoms with Crippen LogP contribution in [-0.2, 0) is 4.74 Å². The number of ether oxygens (including phenoxy) is 2. The minimum atomic E-state index is -0.444. The van der Waals surface area contributed by atoms with E-state index >= 15 is 0 Å². The van der Waals surface area contributed by atoms with Crippen molar-refractivity contribution in [1.29, 1.82) is 0 Å². The maximum absolute atomic E-state index is 11.4. The fraction of sp³-hybridized carbons (Fsp3) is 0.0714. The number of benzene rings is 2. The number of esters is 1. The lowest BCUT2D eigenvalue weighted by Gasteiger charge is -2.09. The molecule has 0 fully saturated rings. The van der Waals surface area contributed by atoms with Crippen LogP contribution in [-0.4, -0.2) is 13.1 Å². The second-order valence-corrected chi connectivity index (χ2v) is 4.24. The first-order valence-corrected chi connectivity index (χ1v) is 5.89. The van der Waals surface area contributed by atoms with Gasteiger partial charge in [0, 0.05) is 5.02 Å². The van der Waals surface area contributed by atoms with Gasteiger partial charge >= 0.3 is 5.97 Å². The van der Waals surface area contributed by atoms with Gasteiger partial charge in [0.25, 0.3) is 0 Å². The number of halogens is 1. The monoisotopic (exact) mass is 277 g/mol. The highest BCUT2D eigenvalue weighted by Crippen LogP contribution is 2.29. The summed E-state index contributed by atoms with van der Waals surface area (Å²) in [5, 5.41) is 0.614. The number of nitrogen functional groups attached to an aromatic ring is 1. The topological polar surface area (TPSA) is 61.5 Å². The van der Waals surface area contributed by atoms with Crippen molar-refractivity contribution in [3.63, 3.8) is 0 Å². The summed E-state index contributed by atoms with van der Waals surface area (Å²) in [5.41, 5.74) is 6.61. The van der Waals surface area contributed by atoms with Gasteiger partial charge in [-0.05, 0) is 42.5 Å². The number of anilines is 1. The van der Waals surface area contributed by atoms with E-state index in [2.05, 4.69) is 4.74 Å². The summed E-state index contributed by atoms with van der Waals surface area (Å²) < 4.78 is 10.3. The van der Waals surface area contributed by atoms with Gasteiger partial charge in [0.2, 0.25) is 0 Å². The molecule has 0 heterocycles. The van der Waals surface area contributed by atoms with Crippen molar-refractivity contribution in [2.24, 2.45) is 0 Å². The molecule has 0 saturated heterocycles. The van der Waals surface area contributed by atoms with Crippen LogP contribution in [0.2, 0.25) is 5.02 Å². The predicted octanol–water partition coefficient (Wildman–Crippen LogP) is 3.50. The summed E-state index contributed by atoms with van der Waals surface area (Å²) in [5.74, 6) is 0.532. The molecule has 0 aliphatic rings. The van der Waals surface area contributed by atoms with Crippen LogP contribution in [0.15, 0.2) is 42.5 Å². The zero-order valence-corrected chi connectivity index (χ0v) is 11.0. The van der Waals surface area contributed by atoms with Gasteiger partial charge in [0.05, 0.1) is 18.4 Å². The van der Waals surface area contributed by atoms with Crippen LogP contribution in [0.5, 0.6) is 11.5 Å². The number of hydrogen-bond acceptors (Lipinski definition) is 4. The van der Waals surface area contributed by atoms with E-state index in [1.807, 2.05) is 0 Å². The number of methoxy groups -OCH3 is 1. The molecular formula is C14H12ClNO3. The average molecular weight is 278 g/mol. The quantitative estimate of drug-likeness (QED) is 0.689. The summed E-state index contributed by atoms with van der Waals surface area (Å²) in [6.45, 7) is 0. The lowest BCUT2D eigenvalue weighted by molar-refractivity contribution is 0.0600. The van der Waals surface area contributed by atoms with Crippen LogP contribution in [0.25, 0.3) is 0 Å². The fourth-order valence-corrected chi connectivity index (χ4v) is 1.62. The minimum Gasteiger partial charge on any atom is -0.465 e. The summed E-state index contributed by atoms with van der Waals surface area (Å²) in [7, 11) is 1.32. The molecule has 98 valence electrons. The van der Waals surface area contributed by atoms with E-state index in [1.54, 1.807) is 36.4 Å². The molecule has 0 spiro atoms. The third-order valence-corrected chi connectivity index (χ3v) is 2.73. The third-order valence-electron chi connectivity index (χ3n) is 2.48. The maximum Gasteiger partial charge on any atom is 0.337 e. The van der Waals surface area contributed by atoms with Crippen molar-refractivity contribution in [2.75, 3.05) is 12.8 Å². The SMILES string of the molecule is COC(=O)c1ccc(N)c(Oc2ccc(Cl)cc2)c1. The van der Waals surface area contributed by atoms with Crippen LogP contribution < -0.4 is 10.5 Å². The number of hydrogen-bond donors (Lipinski definition) is 1. The van der Waals surface area contributed by atoms with Crippen molar-refractivity contribution >= 4 is 23.3 Å². The number of carbonyl (C=O) groups excluding carboxylic acids is 1. The minimum absolute atomic E-state index is 0.376. The van der Waals surface area contributed by atoms with E-state index in [0.717, 1.165) is 0 Å². The zero-order chi connectivity index (χ0) is 13.8. The first kappa shape index (κ1) is 13.2. The molecule has 4 nitrogen and oxygen atoms in total. The molecule has 0 bridgehead atoms. The van der Waals surface area contributed by atoms with Crippen LogP contribution in [0, 0.1) is 0 Å². The lowest BCUT2D eigenvalue weighted by atomic mass is 10.2. The molecule has 0 saturated carbocycles. The Morgan fingerprint density at radius 3 is 2.47 bits per heavy atom. The Balaban J connectivity index is 2.28. The number of carbonyl (C=O) groups is 1. The van der Waals surface area contributed by atoms with Gasteiger partial charge in [0.15, 0.2) is 5.75 Å². The smallest absolute Gasteiger partial charge is 0.337 e. The molecule has 19 heavy (non-hydrogen) atoms. The van der Waals surface area contributed by atoms with Gasteiger partial charge in [-0.3, -0.25) is 0 Å². The van der Waals surface area contributed by atoms with Gasteiger partial charge in [0.1, 0.15) is 5.75 Å². The maximum atomic E-state index is 11.4. The summed E-state index contributed by atoms with van der Waals surface area (Å²) in [4.78, 5) is 11.4. The Bertz CT molecular complexity index is 596. The molecule has 0 aromatic heterocycles. The molecule has 2 rings (SSSR count). The van der Waals surface area contributed by atoms with Crippen molar-refractivity contribution in [3.8, 4) is 11.5 Å². The predicted molar refractivity (Wildman–Crippen MR) is 73.7 cm³/mol. The highest BCUT2D eigenvalue weighted by Gasteiger charge is 2.10. The standard InChI is InChI=1S/C14H12ClNO3/c1-18-14(17)9-2-7-12(16)13(8-9)19-11-5-3-10(15)4-6-11/h2-8H,16H2,1H3. The first-order valence-electron chi connectivity index (χ1n) is 5.51. The Labute approximate surface area is 115 Å². The van der Waals surface area contributed by atoms with E-state index in [9.17, 15) is 4.79 Å². The molecule has 0 amide bonds. The molecule has 0 atom stereocenters. The molecule has 0 radical (unpaired) electrons. The van der Waals surface area contributed by atoms with E-state index in [4.69, 9.17) is 22.1 Å². The van der Waals surface area contributed by atoms with Crippen molar-refractivity contribution < 1.29 is 14.3 Å². The van der Waals surface area contributed by atoms with Crippen LogP contribution in [0.4, 0.5) is 5.69 Å². The summed E-state index contributed by atoms with van der Waals surface area (Å²) in [6, 6.07) is 11.6. The van der Waals surface area contributed by atoms with Crippen LogP contribution in [0.3, 0.4) is 0 Å². The summed E-state index contributed by atoms with van der Waals surface area (Å²) >= 11 is 5.79. The van der Waals surface area contributed by atoms with E-state index in [0.29, 0.717) is 27.8 Å². The van der Waals surface area contributed by atoms with Crippen LogP contribution in [0.1, 0.15) is 10.4 Å². The highest BCUT2D eigenvalue weighted by molar-refractivity contribution is 6.30. The van der Waals surface area contributed by atoms with Crippen molar-refractivity contribution in [2.45, 2.75) is 0 Å². The lowest BCUT2D eigenvalue weighted by Crippen LogP contribution is -2.02. The molecule has 0 unspecified atom stereocenters. The highest BCUT2D eigenvalue weighted by atomic mass is 35.5. The molecule has 2 aromatic carbocycles. The normalized spacial score (nSPS) is 10.0. The molecular weight excluding hydrogens is 266 g/mol. The zero-order valence-electron chi connectivity index (χ0n) is 10.2.